The molecule has 1 aromatic carbocycles. The highest BCUT2D eigenvalue weighted by atomic mass is 35.5. The molecular weight excluding hydrogens is 209 g/mol. The topological polar surface area (TPSA) is 40.5 Å². The molecule has 0 saturated heterocycles. The van der Waals surface area contributed by atoms with Gasteiger partial charge in [0.1, 0.15) is 17.1 Å². The Hall–Kier alpha value is -1.10. The maximum atomic E-state index is 12.1. The summed E-state index contributed by atoms with van der Waals surface area (Å²) in [5.41, 5.74) is -1.35. The molecule has 0 aliphatic carbocycles. The molecule has 6 heteroatoms. The van der Waals surface area contributed by atoms with Crippen LogP contribution in [0, 0.1) is 0 Å². The Morgan fingerprint density at radius 3 is 2.15 bits per heavy atom. The van der Waals surface area contributed by atoms with Crippen LogP contribution < -0.4 is 0 Å². The van der Waals surface area contributed by atoms with Gasteiger partial charge in [-0.2, -0.15) is 13.2 Å². The van der Waals surface area contributed by atoms with E-state index in [1.807, 2.05) is 0 Å². The molecule has 1 rings (SSSR count). The van der Waals surface area contributed by atoms with Gasteiger partial charge in [0.05, 0.1) is 5.02 Å². The second-order valence-electron chi connectivity index (χ2n) is 2.32. The zero-order chi connectivity index (χ0) is 10.2. The number of rotatable bonds is 0. The Morgan fingerprint density at radius 2 is 1.69 bits per heavy atom. The van der Waals surface area contributed by atoms with Crippen LogP contribution in [-0.4, -0.2) is 10.2 Å². The molecule has 0 aromatic heterocycles. The Labute approximate surface area is 76.2 Å². The zero-order valence-corrected chi connectivity index (χ0v) is 6.82. The predicted octanol–water partition coefficient (Wildman–Crippen LogP) is 2.77. The van der Waals surface area contributed by atoms with Gasteiger partial charge < -0.3 is 10.2 Å². The lowest BCUT2D eigenvalue weighted by atomic mass is 10.2. The van der Waals surface area contributed by atoms with E-state index < -0.39 is 28.3 Å². The van der Waals surface area contributed by atoms with Crippen molar-refractivity contribution in [3.63, 3.8) is 0 Å². The number of alkyl halides is 3. The molecule has 0 saturated carbocycles. The van der Waals surface area contributed by atoms with Crippen molar-refractivity contribution in [2.24, 2.45) is 0 Å². The second-order valence-corrected chi connectivity index (χ2v) is 2.73. The quantitative estimate of drug-likeness (QED) is 0.649. The molecule has 1 aromatic rings. The number of aromatic hydroxyl groups is 2. The Morgan fingerprint density at radius 1 is 1.15 bits per heavy atom. The number of phenols is 2. The molecule has 0 bridgehead atoms. The van der Waals surface area contributed by atoms with E-state index in [1.54, 1.807) is 0 Å². The van der Waals surface area contributed by atoms with E-state index in [4.69, 9.17) is 21.8 Å². The minimum atomic E-state index is -4.73. The van der Waals surface area contributed by atoms with Gasteiger partial charge in [-0.1, -0.05) is 11.6 Å². The lowest BCUT2D eigenvalue weighted by Gasteiger charge is -2.09. The first-order valence-corrected chi connectivity index (χ1v) is 3.49. The summed E-state index contributed by atoms with van der Waals surface area (Å²) in [6, 6.07) is 1.23. The maximum Gasteiger partial charge on any atom is 0.420 e. The van der Waals surface area contributed by atoms with Crippen molar-refractivity contribution in [1.29, 1.82) is 0 Å². The van der Waals surface area contributed by atoms with Crippen LogP contribution in [0.5, 0.6) is 11.5 Å². The predicted molar refractivity (Wildman–Crippen MR) is 39.8 cm³/mol. The van der Waals surface area contributed by atoms with Gasteiger partial charge in [-0.3, -0.25) is 0 Å². The van der Waals surface area contributed by atoms with Crippen molar-refractivity contribution >= 4 is 11.6 Å². The highest BCUT2D eigenvalue weighted by Crippen LogP contribution is 2.41. The summed E-state index contributed by atoms with van der Waals surface area (Å²) in [5.74, 6) is -1.72. The van der Waals surface area contributed by atoms with Crippen molar-refractivity contribution < 1.29 is 23.4 Å². The SMILES string of the molecule is Oc1cc(Cl)c(O)c(C(F)(F)F)c1. The summed E-state index contributed by atoms with van der Waals surface area (Å²) >= 11 is 5.22. The summed E-state index contributed by atoms with van der Waals surface area (Å²) in [4.78, 5) is 0. The molecule has 0 radical (unpaired) electrons. The summed E-state index contributed by atoms with van der Waals surface area (Å²) in [7, 11) is 0. The normalized spacial score (nSPS) is 11.7. The molecule has 0 amide bonds. The molecule has 0 spiro atoms. The van der Waals surface area contributed by atoms with Crippen molar-refractivity contribution in [3.8, 4) is 11.5 Å². The van der Waals surface area contributed by atoms with Gasteiger partial charge >= 0.3 is 6.18 Å². The fraction of sp³-hybridized carbons (Fsp3) is 0.143. The highest BCUT2D eigenvalue weighted by Gasteiger charge is 2.35. The maximum absolute atomic E-state index is 12.1. The first-order valence-electron chi connectivity index (χ1n) is 3.11. The third-order valence-electron chi connectivity index (χ3n) is 1.35. The van der Waals surface area contributed by atoms with Crippen LogP contribution in [0.15, 0.2) is 12.1 Å². The first kappa shape index (κ1) is 9.98. The first-order chi connectivity index (χ1) is 5.82. The molecule has 0 unspecified atom stereocenters. The molecule has 2 N–H and O–H groups in total. The van der Waals surface area contributed by atoms with E-state index in [9.17, 15) is 13.2 Å². The molecule has 0 heterocycles. The monoisotopic (exact) mass is 212 g/mol. The number of hydrogen-bond donors (Lipinski definition) is 2. The van der Waals surface area contributed by atoms with E-state index in [1.165, 1.54) is 0 Å². The van der Waals surface area contributed by atoms with Crippen molar-refractivity contribution in [2.45, 2.75) is 6.18 Å². The van der Waals surface area contributed by atoms with Gasteiger partial charge in [0, 0.05) is 6.07 Å². The van der Waals surface area contributed by atoms with Gasteiger partial charge in [-0.25, -0.2) is 0 Å². The van der Waals surface area contributed by atoms with Crippen LogP contribution in [-0.2, 0) is 6.18 Å². The lowest BCUT2D eigenvalue weighted by Crippen LogP contribution is -2.05. The fourth-order valence-corrected chi connectivity index (χ4v) is 1.01. The van der Waals surface area contributed by atoms with Gasteiger partial charge in [-0.15, -0.1) is 0 Å². The molecule has 0 atom stereocenters. The smallest absolute Gasteiger partial charge is 0.420 e. The van der Waals surface area contributed by atoms with Crippen LogP contribution in [0.1, 0.15) is 5.56 Å². The average molecular weight is 213 g/mol. The minimum absolute atomic E-state index is 0.404. The molecule has 2 nitrogen and oxygen atoms in total. The number of phenolic OH excluding ortho intramolecular Hbond substituents is 2. The summed E-state index contributed by atoms with van der Waals surface area (Å²) in [6.45, 7) is 0. The van der Waals surface area contributed by atoms with Crippen LogP contribution in [0.2, 0.25) is 5.02 Å². The summed E-state index contributed by atoms with van der Waals surface area (Å²) in [6.07, 6.45) is -4.73. The fourth-order valence-electron chi connectivity index (χ4n) is 0.801. The van der Waals surface area contributed by atoms with E-state index in [0.29, 0.717) is 6.07 Å². The third-order valence-corrected chi connectivity index (χ3v) is 1.64. The van der Waals surface area contributed by atoms with E-state index in [0.717, 1.165) is 6.07 Å². The third kappa shape index (κ3) is 1.98. The van der Waals surface area contributed by atoms with Gasteiger partial charge in [0.25, 0.3) is 0 Å². The number of benzene rings is 1. The summed E-state index contributed by atoms with van der Waals surface area (Å²) < 4.78 is 36.2. The van der Waals surface area contributed by atoms with Crippen molar-refractivity contribution in [2.75, 3.05) is 0 Å². The Bertz CT molecular complexity index is 335. The second kappa shape index (κ2) is 2.99. The van der Waals surface area contributed by atoms with Crippen molar-refractivity contribution in [3.05, 3.63) is 22.7 Å². The molecule has 13 heavy (non-hydrogen) atoms. The lowest BCUT2D eigenvalue weighted by molar-refractivity contribution is -0.138. The van der Waals surface area contributed by atoms with Crippen LogP contribution >= 0.6 is 11.6 Å². The van der Waals surface area contributed by atoms with Gasteiger partial charge in [-0.05, 0) is 6.07 Å². The molecule has 0 fully saturated rings. The average Bonchev–Trinajstić information content (AvgIpc) is 1.94. The van der Waals surface area contributed by atoms with Crippen LogP contribution in [0.3, 0.4) is 0 Å². The molecule has 72 valence electrons. The number of hydrogen-bond acceptors (Lipinski definition) is 2. The minimum Gasteiger partial charge on any atom is -0.508 e. The Kier molecular flexibility index (Phi) is 2.30. The molecule has 0 aliphatic rings. The van der Waals surface area contributed by atoms with E-state index in [-0.39, 0.29) is 0 Å². The van der Waals surface area contributed by atoms with Gasteiger partial charge in [0.2, 0.25) is 0 Å². The zero-order valence-electron chi connectivity index (χ0n) is 6.06. The molecular formula is C7H4ClF3O2. The standard InChI is InChI=1S/C7H4ClF3O2/c8-5-2-3(12)1-4(6(5)13)7(9,10)11/h1-2,12-13H. The Balaban J connectivity index is 3.37. The van der Waals surface area contributed by atoms with E-state index >= 15 is 0 Å². The van der Waals surface area contributed by atoms with E-state index in [2.05, 4.69) is 0 Å². The van der Waals surface area contributed by atoms with Gasteiger partial charge in [0.15, 0.2) is 0 Å². The van der Waals surface area contributed by atoms with Crippen LogP contribution in [0.25, 0.3) is 0 Å². The molecule has 0 aliphatic heterocycles. The summed E-state index contributed by atoms with van der Waals surface area (Å²) in [5, 5.41) is 17.1. The van der Waals surface area contributed by atoms with Crippen LogP contribution in [0.4, 0.5) is 13.2 Å². The number of halogens is 4. The highest BCUT2D eigenvalue weighted by molar-refractivity contribution is 6.32. The largest absolute Gasteiger partial charge is 0.508 e. The van der Waals surface area contributed by atoms with Crippen molar-refractivity contribution in [1.82, 2.24) is 0 Å².